The molecule has 0 aromatic heterocycles. The molecule has 0 aliphatic carbocycles. The average molecular weight is 650 g/mol. The second kappa shape index (κ2) is 28.7. The third kappa shape index (κ3) is 27.7. The molecule has 3 atom stereocenters. The molecule has 0 bridgehead atoms. The highest BCUT2D eigenvalue weighted by atomic mass is 31.2. The minimum absolute atomic E-state index is 0.138. The molecule has 0 aliphatic rings. The Morgan fingerprint density at radius 2 is 1.18 bits per heavy atom. The van der Waals surface area contributed by atoms with Crippen molar-refractivity contribution >= 4 is 25.7 Å². The van der Waals surface area contributed by atoms with Crippen LogP contribution in [0.4, 0.5) is 0 Å². The summed E-state index contributed by atoms with van der Waals surface area (Å²) in [4.78, 5) is 45.2. The van der Waals surface area contributed by atoms with Crippen LogP contribution in [0.1, 0.15) is 142 Å². The zero-order valence-corrected chi connectivity index (χ0v) is 28.1. The van der Waals surface area contributed by atoms with Gasteiger partial charge in [0.1, 0.15) is 12.7 Å². The van der Waals surface area contributed by atoms with Gasteiger partial charge in [-0.3, -0.25) is 18.6 Å². The minimum atomic E-state index is -4.73. The van der Waals surface area contributed by atoms with Crippen molar-refractivity contribution in [3.8, 4) is 0 Å². The molecule has 0 saturated heterocycles. The first kappa shape index (κ1) is 42.2. The molecule has 0 spiro atoms. The van der Waals surface area contributed by atoms with Crippen LogP contribution in [0.3, 0.4) is 0 Å². The van der Waals surface area contributed by atoms with Crippen molar-refractivity contribution in [2.24, 2.45) is 0 Å². The molecule has 0 radical (unpaired) electrons. The lowest BCUT2D eigenvalue weighted by atomic mass is 10.1. The van der Waals surface area contributed by atoms with Gasteiger partial charge in [0.15, 0.2) is 6.04 Å². The molecule has 0 fully saturated rings. The second-order valence-electron chi connectivity index (χ2n) is 11.4. The fourth-order valence-corrected chi connectivity index (χ4v) is 5.14. The predicted molar refractivity (Wildman–Crippen MR) is 171 cm³/mol. The van der Waals surface area contributed by atoms with Gasteiger partial charge >= 0.3 is 19.8 Å². The maximum Gasteiger partial charge on any atom is 0.472 e. The number of esters is 1. The Morgan fingerprint density at radius 3 is 1.75 bits per heavy atom. The fraction of sp³-hybridized carbons (Fsp3) is 0.844. The van der Waals surface area contributed by atoms with Gasteiger partial charge in [-0.1, -0.05) is 103 Å². The monoisotopic (exact) mass is 649 g/mol. The number of carboxylic acid groups (broad SMARTS) is 1. The molecule has 0 aromatic carbocycles. The number of carbonyl (C=O) groups is 3. The summed E-state index contributed by atoms with van der Waals surface area (Å²) in [6, 6.07) is -1.54. The van der Waals surface area contributed by atoms with Crippen molar-refractivity contribution in [3.05, 3.63) is 12.2 Å². The summed E-state index contributed by atoms with van der Waals surface area (Å²) in [6.07, 6.45) is 23.2. The minimum Gasteiger partial charge on any atom is -0.480 e. The molecular weight excluding hydrogens is 589 g/mol. The van der Waals surface area contributed by atoms with Crippen molar-refractivity contribution in [3.63, 3.8) is 0 Å². The van der Waals surface area contributed by atoms with Crippen LogP contribution in [-0.2, 0) is 32.7 Å². The quantitative estimate of drug-likeness (QED) is 0.0266. The number of aliphatic carboxylic acids is 1. The maximum atomic E-state index is 12.2. The highest BCUT2D eigenvalue weighted by Crippen LogP contribution is 2.43. The van der Waals surface area contributed by atoms with E-state index in [1.54, 1.807) is 0 Å². The summed E-state index contributed by atoms with van der Waals surface area (Å²) in [5.41, 5.74) is 0. The Morgan fingerprint density at radius 1 is 0.705 bits per heavy atom. The Balaban J connectivity index is 3.99. The number of unbranched alkanes of at least 4 members (excludes halogenated alkanes) is 15. The van der Waals surface area contributed by atoms with Crippen LogP contribution in [-0.4, -0.2) is 64.9 Å². The molecule has 0 aliphatic heterocycles. The number of hydrogen-bond donors (Lipinski definition) is 4. The van der Waals surface area contributed by atoms with E-state index in [1.807, 2.05) is 0 Å². The van der Waals surface area contributed by atoms with Crippen LogP contribution < -0.4 is 5.32 Å². The first-order chi connectivity index (χ1) is 21.1. The van der Waals surface area contributed by atoms with E-state index in [1.165, 1.54) is 44.9 Å². The summed E-state index contributed by atoms with van der Waals surface area (Å²) < 4.78 is 26.4. The van der Waals surface area contributed by atoms with Gasteiger partial charge < -0.3 is 25.2 Å². The van der Waals surface area contributed by atoms with Gasteiger partial charge in [0.25, 0.3) is 0 Å². The smallest absolute Gasteiger partial charge is 0.472 e. The number of phosphoric ester groups is 1. The number of allylic oxidation sites excluding steroid dienone is 2. The number of carbonyl (C=O) groups excluding carboxylic acids is 2. The normalized spacial score (nSPS) is 14.3. The Labute approximate surface area is 265 Å². The lowest BCUT2D eigenvalue weighted by molar-refractivity contribution is -0.147. The number of aliphatic hydroxyl groups is 1. The molecule has 11 nitrogen and oxygen atoms in total. The van der Waals surface area contributed by atoms with Crippen LogP contribution in [0, 0.1) is 0 Å². The van der Waals surface area contributed by atoms with E-state index in [9.17, 15) is 34.1 Å². The first-order valence-electron chi connectivity index (χ1n) is 16.7. The predicted octanol–water partition coefficient (Wildman–Crippen LogP) is 6.99. The van der Waals surface area contributed by atoms with E-state index in [0.29, 0.717) is 12.8 Å². The van der Waals surface area contributed by atoms with E-state index >= 15 is 0 Å². The average Bonchev–Trinajstić information content (AvgIpc) is 2.99. The molecule has 4 N–H and O–H groups in total. The summed E-state index contributed by atoms with van der Waals surface area (Å²) >= 11 is 0. The van der Waals surface area contributed by atoms with Crippen LogP contribution in [0.5, 0.6) is 0 Å². The van der Waals surface area contributed by atoms with Crippen molar-refractivity contribution < 1.29 is 47.8 Å². The molecule has 0 saturated carbocycles. The molecule has 3 unspecified atom stereocenters. The number of carboxylic acids is 1. The van der Waals surface area contributed by atoms with Crippen molar-refractivity contribution in [2.75, 3.05) is 19.8 Å². The van der Waals surface area contributed by atoms with E-state index in [-0.39, 0.29) is 12.8 Å². The Bertz CT molecular complexity index is 823. The molecule has 0 aromatic rings. The number of ether oxygens (including phenoxy) is 1. The van der Waals surface area contributed by atoms with Crippen LogP contribution >= 0.6 is 7.82 Å². The van der Waals surface area contributed by atoms with Crippen molar-refractivity contribution in [2.45, 2.75) is 154 Å². The van der Waals surface area contributed by atoms with Gasteiger partial charge in [0.2, 0.25) is 5.91 Å². The summed E-state index contributed by atoms with van der Waals surface area (Å²) in [5.74, 6) is -2.40. The van der Waals surface area contributed by atoms with Gasteiger partial charge in [0.05, 0.1) is 13.2 Å². The van der Waals surface area contributed by atoms with E-state index < -0.39 is 57.6 Å². The molecule has 12 heteroatoms. The highest BCUT2D eigenvalue weighted by molar-refractivity contribution is 7.47. The number of nitrogens with one attached hydrogen (secondary N) is 1. The van der Waals surface area contributed by atoms with Crippen molar-refractivity contribution in [1.29, 1.82) is 0 Å². The topological polar surface area (TPSA) is 169 Å². The van der Waals surface area contributed by atoms with Crippen LogP contribution in [0.15, 0.2) is 12.2 Å². The van der Waals surface area contributed by atoms with E-state index in [4.69, 9.17) is 9.26 Å². The Kier molecular flexibility index (Phi) is 27.5. The number of rotatable bonds is 31. The molecule has 1 amide bonds. The lowest BCUT2D eigenvalue weighted by Crippen LogP contribution is -2.43. The molecule has 258 valence electrons. The third-order valence-corrected chi connectivity index (χ3v) is 8.01. The lowest BCUT2D eigenvalue weighted by Gasteiger charge is -2.18. The molecule has 0 heterocycles. The standard InChI is InChI=1S/C32H60NO10P/c1-3-5-7-9-10-11-12-13-14-15-16-17-18-19-20-21-23-30(35)33-29(32(37)38)27-43-44(39,40)42-26-28(34)25-41-31(36)24-22-8-6-4-2/h14-15,28-29,34H,3-13,16-27H2,1-2H3,(H,33,35)(H,37,38)(H,39,40)/b15-14-. The van der Waals surface area contributed by atoms with Gasteiger partial charge in [-0.25, -0.2) is 9.36 Å². The maximum absolute atomic E-state index is 12.2. The SMILES string of the molecule is CCCCCCCCC/C=C\CCCCCCCC(=O)NC(COP(=O)(O)OCC(O)COC(=O)CCCCCC)C(=O)O. The van der Waals surface area contributed by atoms with Gasteiger partial charge in [-0.15, -0.1) is 0 Å². The number of phosphoric acid groups is 1. The van der Waals surface area contributed by atoms with E-state index in [0.717, 1.165) is 57.8 Å². The molecule has 44 heavy (non-hydrogen) atoms. The summed E-state index contributed by atoms with van der Waals surface area (Å²) in [5, 5.41) is 21.5. The summed E-state index contributed by atoms with van der Waals surface area (Å²) in [6.45, 7) is 2.40. The largest absolute Gasteiger partial charge is 0.480 e. The van der Waals surface area contributed by atoms with E-state index in [2.05, 4.69) is 35.8 Å². The fourth-order valence-electron chi connectivity index (χ4n) is 4.37. The number of amides is 1. The number of aliphatic hydroxyl groups excluding tert-OH is 1. The van der Waals surface area contributed by atoms with Gasteiger partial charge in [-0.2, -0.15) is 0 Å². The zero-order valence-electron chi connectivity index (χ0n) is 27.2. The van der Waals surface area contributed by atoms with Gasteiger partial charge in [-0.05, 0) is 38.5 Å². The van der Waals surface area contributed by atoms with Crippen molar-refractivity contribution in [1.82, 2.24) is 5.32 Å². The first-order valence-corrected chi connectivity index (χ1v) is 18.2. The second-order valence-corrected chi connectivity index (χ2v) is 12.8. The van der Waals surface area contributed by atoms with Crippen LogP contribution in [0.2, 0.25) is 0 Å². The highest BCUT2D eigenvalue weighted by Gasteiger charge is 2.28. The number of hydrogen-bond acceptors (Lipinski definition) is 8. The zero-order chi connectivity index (χ0) is 32.9. The van der Waals surface area contributed by atoms with Gasteiger partial charge in [0, 0.05) is 12.8 Å². The summed E-state index contributed by atoms with van der Waals surface area (Å²) in [7, 11) is -4.73. The molecular formula is C32H60NO10P. The molecule has 0 rings (SSSR count). The third-order valence-electron chi connectivity index (χ3n) is 7.05. The Hall–Kier alpha value is -1.78. The van der Waals surface area contributed by atoms with Crippen LogP contribution in [0.25, 0.3) is 0 Å².